The Morgan fingerprint density at radius 2 is 1.71 bits per heavy atom. The topological polar surface area (TPSA) is 66.8 Å². The number of benzene rings is 3. The predicted octanol–water partition coefficient (Wildman–Crippen LogP) is 4.61. The molecule has 1 heterocycles. The normalized spacial score (nSPS) is 18.1. The van der Waals surface area contributed by atoms with Crippen LogP contribution in [-0.4, -0.2) is 42.0 Å². The van der Waals surface area contributed by atoms with Gasteiger partial charge >= 0.3 is 0 Å². The summed E-state index contributed by atoms with van der Waals surface area (Å²) in [6, 6.07) is 20.3. The standard InChI is InChI=1S/C26H25NO4/c1-17-11-13-19(14-12-17)24(28)22-23(27(15-6-16-31-2)26(30)25(22)29)21-10-5-8-18-7-3-4-9-20(18)21/h3-5,7-14,23,28H,6,15-16H2,1-2H3/t23-/m0/s1. The number of likely N-dealkylation sites (tertiary alicyclic amines) is 1. The van der Waals surface area contributed by atoms with Crippen LogP contribution < -0.4 is 0 Å². The molecule has 0 saturated carbocycles. The minimum absolute atomic E-state index is 0.127. The van der Waals surface area contributed by atoms with Crippen LogP contribution in [0.2, 0.25) is 0 Å². The van der Waals surface area contributed by atoms with Crippen LogP contribution in [-0.2, 0) is 14.3 Å². The third-order valence-electron chi connectivity index (χ3n) is 5.73. The van der Waals surface area contributed by atoms with Crippen molar-refractivity contribution in [2.24, 2.45) is 0 Å². The van der Waals surface area contributed by atoms with Crippen LogP contribution in [0.1, 0.15) is 29.2 Å². The van der Waals surface area contributed by atoms with Crippen molar-refractivity contribution in [3.8, 4) is 0 Å². The van der Waals surface area contributed by atoms with Crippen molar-refractivity contribution < 1.29 is 19.4 Å². The number of aryl methyl sites for hydroxylation is 1. The first-order valence-corrected chi connectivity index (χ1v) is 10.3. The summed E-state index contributed by atoms with van der Waals surface area (Å²) in [6.45, 7) is 2.79. The monoisotopic (exact) mass is 415 g/mol. The maximum Gasteiger partial charge on any atom is 0.295 e. The van der Waals surface area contributed by atoms with E-state index in [1.807, 2.05) is 61.5 Å². The second-order valence-corrected chi connectivity index (χ2v) is 7.77. The van der Waals surface area contributed by atoms with Gasteiger partial charge in [0, 0.05) is 25.8 Å². The fourth-order valence-electron chi connectivity index (χ4n) is 4.17. The van der Waals surface area contributed by atoms with E-state index in [0.29, 0.717) is 25.1 Å². The first-order valence-electron chi connectivity index (χ1n) is 10.3. The van der Waals surface area contributed by atoms with Crippen molar-refractivity contribution in [3.05, 3.63) is 89.0 Å². The van der Waals surface area contributed by atoms with Gasteiger partial charge in [0.1, 0.15) is 5.76 Å². The molecule has 1 N–H and O–H groups in total. The van der Waals surface area contributed by atoms with E-state index in [1.165, 1.54) is 0 Å². The molecule has 0 aromatic heterocycles. The van der Waals surface area contributed by atoms with Gasteiger partial charge in [0.05, 0.1) is 11.6 Å². The molecule has 5 nitrogen and oxygen atoms in total. The predicted molar refractivity (Wildman–Crippen MR) is 121 cm³/mol. The Kier molecular flexibility index (Phi) is 5.87. The van der Waals surface area contributed by atoms with Crippen LogP contribution in [0.3, 0.4) is 0 Å². The minimum Gasteiger partial charge on any atom is -0.507 e. The number of amides is 1. The number of hydrogen-bond donors (Lipinski definition) is 1. The maximum atomic E-state index is 13.1. The number of hydrogen-bond acceptors (Lipinski definition) is 4. The number of ether oxygens (including phenoxy) is 1. The van der Waals surface area contributed by atoms with Gasteiger partial charge in [-0.1, -0.05) is 72.3 Å². The molecular weight excluding hydrogens is 390 g/mol. The van der Waals surface area contributed by atoms with Crippen LogP contribution in [0.5, 0.6) is 0 Å². The molecule has 1 aliphatic heterocycles. The molecule has 0 unspecified atom stereocenters. The van der Waals surface area contributed by atoms with E-state index in [4.69, 9.17) is 4.74 Å². The van der Waals surface area contributed by atoms with Gasteiger partial charge in [-0.2, -0.15) is 0 Å². The van der Waals surface area contributed by atoms with E-state index in [-0.39, 0.29) is 11.3 Å². The summed E-state index contributed by atoms with van der Waals surface area (Å²) in [5, 5.41) is 13.1. The average Bonchev–Trinajstić information content (AvgIpc) is 3.04. The van der Waals surface area contributed by atoms with Crippen molar-refractivity contribution in [2.45, 2.75) is 19.4 Å². The molecule has 1 atom stereocenters. The van der Waals surface area contributed by atoms with Crippen LogP contribution in [0.25, 0.3) is 16.5 Å². The Morgan fingerprint density at radius 1 is 1.00 bits per heavy atom. The molecular formula is C26H25NO4. The highest BCUT2D eigenvalue weighted by molar-refractivity contribution is 6.46. The summed E-state index contributed by atoms with van der Waals surface area (Å²) < 4.78 is 5.15. The quantitative estimate of drug-likeness (QED) is 0.276. The van der Waals surface area contributed by atoms with Gasteiger partial charge in [-0.3, -0.25) is 9.59 Å². The third-order valence-corrected chi connectivity index (χ3v) is 5.73. The number of fused-ring (bicyclic) bond motifs is 1. The zero-order valence-corrected chi connectivity index (χ0v) is 17.7. The van der Waals surface area contributed by atoms with Crippen molar-refractivity contribution in [1.29, 1.82) is 0 Å². The Labute approximate surface area is 181 Å². The van der Waals surface area contributed by atoms with Gasteiger partial charge in [-0.15, -0.1) is 0 Å². The van der Waals surface area contributed by atoms with E-state index in [2.05, 4.69) is 0 Å². The molecule has 5 heteroatoms. The minimum atomic E-state index is -0.663. The summed E-state index contributed by atoms with van der Waals surface area (Å²) in [7, 11) is 1.60. The highest BCUT2D eigenvalue weighted by Crippen LogP contribution is 2.41. The maximum absolute atomic E-state index is 13.1. The van der Waals surface area contributed by atoms with E-state index in [0.717, 1.165) is 21.9 Å². The number of rotatable bonds is 6. The second-order valence-electron chi connectivity index (χ2n) is 7.77. The smallest absolute Gasteiger partial charge is 0.295 e. The number of ketones is 1. The number of nitrogens with zero attached hydrogens (tertiary/aromatic N) is 1. The van der Waals surface area contributed by atoms with Crippen LogP contribution in [0.4, 0.5) is 0 Å². The molecule has 3 aromatic carbocycles. The average molecular weight is 415 g/mol. The SMILES string of the molecule is COCCCN1C(=O)C(=O)C(=C(O)c2ccc(C)cc2)[C@@H]1c1cccc2ccccc12. The molecule has 3 aromatic rings. The highest BCUT2D eigenvalue weighted by Gasteiger charge is 2.46. The largest absolute Gasteiger partial charge is 0.507 e. The summed E-state index contributed by atoms with van der Waals surface area (Å²) in [4.78, 5) is 27.7. The fraction of sp³-hybridized carbons (Fsp3) is 0.231. The van der Waals surface area contributed by atoms with E-state index in [1.54, 1.807) is 24.1 Å². The number of aliphatic hydroxyl groups excluding tert-OH is 1. The Balaban J connectivity index is 1.91. The first-order chi connectivity index (χ1) is 15.0. The summed E-state index contributed by atoms with van der Waals surface area (Å²) in [5.74, 6) is -1.40. The summed E-state index contributed by atoms with van der Waals surface area (Å²) in [5.41, 5.74) is 2.51. The molecule has 1 amide bonds. The molecule has 31 heavy (non-hydrogen) atoms. The first kappa shape index (κ1) is 20.8. The number of aliphatic hydroxyl groups is 1. The highest BCUT2D eigenvalue weighted by atomic mass is 16.5. The van der Waals surface area contributed by atoms with Crippen LogP contribution >= 0.6 is 0 Å². The molecule has 1 fully saturated rings. The molecule has 0 aliphatic carbocycles. The number of methoxy groups -OCH3 is 1. The molecule has 158 valence electrons. The van der Waals surface area contributed by atoms with Crippen molar-refractivity contribution in [1.82, 2.24) is 4.90 Å². The lowest BCUT2D eigenvalue weighted by Crippen LogP contribution is -2.31. The van der Waals surface area contributed by atoms with E-state index in [9.17, 15) is 14.7 Å². The molecule has 0 bridgehead atoms. The zero-order chi connectivity index (χ0) is 22.0. The Bertz CT molecular complexity index is 1160. The lowest BCUT2D eigenvalue weighted by atomic mass is 9.91. The molecule has 4 rings (SSSR count). The van der Waals surface area contributed by atoms with E-state index < -0.39 is 17.7 Å². The van der Waals surface area contributed by atoms with Crippen molar-refractivity contribution >= 4 is 28.2 Å². The van der Waals surface area contributed by atoms with Gasteiger partial charge in [0.15, 0.2) is 0 Å². The second kappa shape index (κ2) is 8.74. The van der Waals surface area contributed by atoms with Crippen LogP contribution in [0, 0.1) is 6.92 Å². The fourth-order valence-corrected chi connectivity index (χ4v) is 4.17. The lowest BCUT2D eigenvalue weighted by molar-refractivity contribution is -0.140. The zero-order valence-electron chi connectivity index (χ0n) is 17.7. The number of carbonyl (C=O) groups excluding carboxylic acids is 2. The van der Waals surface area contributed by atoms with Gasteiger partial charge in [-0.05, 0) is 29.7 Å². The molecule has 1 aliphatic rings. The lowest BCUT2D eigenvalue weighted by Gasteiger charge is -2.26. The summed E-state index contributed by atoms with van der Waals surface area (Å²) in [6.07, 6.45) is 0.593. The Morgan fingerprint density at radius 3 is 2.45 bits per heavy atom. The number of carbonyl (C=O) groups is 2. The van der Waals surface area contributed by atoms with Gasteiger partial charge < -0.3 is 14.7 Å². The van der Waals surface area contributed by atoms with Gasteiger partial charge in [0.2, 0.25) is 0 Å². The van der Waals surface area contributed by atoms with Gasteiger partial charge in [-0.25, -0.2) is 0 Å². The number of Topliss-reactive ketones (excluding diaryl/α,β-unsaturated/α-hetero) is 1. The molecule has 0 spiro atoms. The molecule has 0 radical (unpaired) electrons. The van der Waals surface area contributed by atoms with Crippen molar-refractivity contribution in [2.75, 3.05) is 20.3 Å². The van der Waals surface area contributed by atoms with E-state index >= 15 is 0 Å². The third kappa shape index (κ3) is 3.84. The Hall–Kier alpha value is -3.44. The molecule has 1 saturated heterocycles. The van der Waals surface area contributed by atoms with Gasteiger partial charge in [0.25, 0.3) is 11.7 Å². The summed E-state index contributed by atoms with van der Waals surface area (Å²) >= 11 is 0. The van der Waals surface area contributed by atoms with Crippen molar-refractivity contribution in [3.63, 3.8) is 0 Å². The van der Waals surface area contributed by atoms with Crippen LogP contribution in [0.15, 0.2) is 72.3 Å².